The van der Waals surface area contributed by atoms with Gasteiger partial charge >= 0.3 is 0 Å². The van der Waals surface area contributed by atoms with Gasteiger partial charge in [-0.05, 0) is 6.42 Å². The third-order valence-electron chi connectivity index (χ3n) is 2.20. The summed E-state index contributed by atoms with van der Waals surface area (Å²) in [5, 5.41) is 0. The molecule has 0 heterocycles. The van der Waals surface area contributed by atoms with Crippen molar-refractivity contribution < 1.29 is 13.2 Å². The van der Waals surface area contributed by atoms with Crippen LogP contribution < -0.4 is 0 Å². The Morgan fingerprint density at radius 2 is 1.85 bits per heavy atom. The Morgan fingerprint density at radius 1 is 1.31 bits per heavy atom. The van der Waals surface area contributed by atoms with Gasteiger partial charge in [-0.2, -0.15) is 0 Å². The predicted octanol–water partition coefficient (Wildman–Crippen LogP) is 1.43. The lowest BCUT2D eigenvalue weighted by Gasteiger charge is -2.08. The highest BCUT2D eigenvalue weighted by atomic mass is 32.2. The number of hydrogen-bond acceptors (Lipinski definition) is 3. The van der Waals surface area contributed by atoms with Crippen molar-refractivity contribution in [3.05, 3.63) is 0 Å². The molecule has 0 spiro atoms. The summed E-state index contributed by atoms with van der Waals surface area (Å²) in [5.41, 5.74) is 0. The Balaban J connectivity index is 3.97. The van der Waals surface area contributed by atoms with Crippen molar-refractivity contribution in [1.29, 1.82) is 0 Å². The number of rotatable bonds is 6. The van der Waals surface area contributed by atoms with Crippen molar-refractivity contribution >= 4 is 15.6 Å². The van der Waals surface area contributed by atoms with Crippen LogP contribution in [0.1, 0.15) is 33.6 Å². The highest BCUT2D eigenvalue weighted by Crippen LogP contribution is 2.08. The zero-order valence-electron chi connectivity index (χ0n) is 8.54. The maximum Gasteiger partial charge on any atom is 0.150 e. The molecule has 0 saturated heterocycles. The molecule has 0 aliphatic rings. The molecule has 0 bridgehead atoms. The van der Waals surface area contributed by atoms with Gasteiger partial charge in [0.1, 0.15) is 15.6 Å². The Labute approximate surface area is 80.4 Å². The summed E-state index contributed by atoms with van der Waals surface area (Å²) in [6.45, 7) is 5.21. The van der Waals surface area contributed by atoms with Crippen molar-refractivity contribution in [3.63, 3.8) is 0 Å². The second kappa shape index (κ2) is 5.37. The van der Waals surface area contributed by atoms with Crippen LogP contribution in [0.2, 0.25) is 0 Å². The first-order chi connectivity index (χ1) is 5.93. The molecular weight excluding hydrogens is 188 g/mol. The van der Waals surface area contributed by atoms with Gasteiger partial charge in [0, 0.05) is 18.1 Å². The third-order valence-corrected chi connectivity index (χ3v) is 3.94. The van der Waals surface area contributed by atoms with Gasteiger partial charge in [0.2, 0.25) is 0 Å². The van der Waals surface area contributed by atoms with Gasteiger partial charge in [-0.3, -0.25) is 4.79 Å². The fourth-order valence-corrected chi connectivity index (χ4v) is 2.01. The summed E-state index contributed by atoms with van der Waals surface area (Å²) >= 11 is 0. The minimum absolute atomic E-state index is 0.119. The smallest absolute Gasteiger partial charge is 0.150 e. The molecule has 1 atom stereocenters. The van der Waals surface area contributed by atoms with Crippen LogP contribution in [0.15, 0.2) is 0 Å². The van der Waals surface area contributed by atoms with E-state index >= 15 is 0 Å². The van der Waals surface area contributed by atoms with E-state index in [0.717, 1.165) is 0 Å². The van der Waals surface area contributed by atoms with Crippen molar-refractivity contribution in [1.82, 2.24) is 0 Å². The maximum absolute atomic E-state index is 11.1. The molecule has 0 aromatic carbocycles. The number of Topliss-reactive ketones (excluding diaryl/α,β-unsaturated/α-hetero) is 1. The zero-order chi connectivity index (χ0) is 10.5. The molecule has 1 unspecified atom stereocenters. The molecule has 0 aromatic heterocycles. The van der Waals surface area contributed by atoms with Gasteiger partial charge in [0.15, 0.2) is 0 Å². The largest absolute Gasteiger partial charge is 0.299 e. The summed E-state index contributed by atoms with van der Waals surface area (Å²) in [6.07, 6.45) is 0.955. The average molecular weight is 206 g/mol. The predicted molar refractivity (Wildman–Crippen MR) is 53.4 cm³/mol. The Bertz CT molecular complexity index is 254. The van der Waals surface area contributed by atoms with E-state index in [1.807, 2.05) is 0 Å². The van der Waals surface area contributed by atoms with Gasteiger partial charge in [0.05, 0.1) is 5.75 Å². The molecule has 78 valence electrons. The first kappa shape index (κ1) is 12.6. The van der Waals surface area contributed by atoms with Crippen molar-refractivity contribution in [2.24, 2.45) is 5.92 Å². The highest BCUT2D eigenvalue weighted by Gasteiger charge is 2.14. The van der Waals surface area contributed by atoms with E-state index in [0.29, 0.717) is 12.8 Å². The molecule has 0 aliphatic carbocycles. The molecule has 0 aromatic rings. The molecule has 0 rings (SSSR count). The molecule has 0 aliphatic heterocycles. The maximum atomic E-state index is 11.1. The molecule has 13 heavy (non-hydrogen) atoms. The molecule has 0 N–H and O–H groups in total. The summed E-state index contributed by atoms with van der Waals surface area (Å²) < 4.78 is 22.2. The summed E-state index contributed by atoms with van der Waals surface area (Å²) in [5.74, 6) is 0.328. The highest BCUT2D eigenvalue weighted by molar-refractivity contribution is 7.91. The Morgan fingerprint density at radius 3 is 2.23 bits per heavy atom. The van der Waals surface area contributed by atoms with Crippen LogP contribution in [0.3, 0.4) is 0 Å². The number of ketones is 1. The van der Waals surface area contributed by atoms with Crippen LogP contribution in [0.5, 0.6) is 0 Å². The lowest BCUT2D eigenvalue weighted by molar-refractivity contribution is -0.122. The fourth-order valence-electron chi connectivity index (χ4n) is 1.01. The molecule has 0 fully saturated rings. The van der Waals surface area contributed by atoms with E-state index in [9.17, 15) is 13.2 Å². The first-order valence-corrected chi connectivity index (χ1v) is 6.48. The molecule has 0 saturated carbocycles. The monoisotopic (exact) mass is 206 g/mol. The Hall–Kier alpha value is -0.380. The fraction of sp³-hybridized carbons (Fsp3) is 0.889. The topological polar surface area (TPSA) is 51.2 Å². The van der Waals surface area contributed by atoms with E-state index in [2.05, 4.69) is 0 Å². The first-order valence-electron chi connectivity index (χ1n) is 4.66. The Kier molecular flexibility index (Phi) is 5.21. The van der Waals surface area contributed by atoms with Crippen LogP contribution in [-0.2, 0) is 14.6 Å². The molecule has 0 radical (unpaired) electrons. The van der Waals surface area contributed by atoms with E-state index in [4.69, 9.17) is 0 Å². The molecular formula is C9H18O3S. The second-order valence-electron chi connectivity index (χ2n) is 3.25. The second-order valence-corrected chi connectivity index (χ2v) is 5.72. The zero-order valence-corrected chi connectivity index (χ0v) is 9.36. The normalized spacial score (nSPS) is 14.1. The average Bonchev–Trinajstić information content (AvgIpc) is 2.13. The lowest BCUT2D eigenvalue weighted by atomic mass is 10.0. The van der Waals surface area contributed by atoms with E-state index in [-0.39, 0.29) is 23.2 Å². The summed E-state index contributed by atoms with van der Waals surface area (Å²) in [4.78, 5) is 11.1. The van der Waals surface area contributed by atoms with E-state index in [1.54, 1.807) is 20.8 Å². The van der Waals surface area contributed by atoms with Crippen molar-refractivity contribution in [2.75, 3.05) is 11.5 Å². The molecule has 0 amide bonds. The van der Waals surface area contributed by atoms with Gasteiger partial charge in [0.25, 0.3) is 0 Å². The summed E-state index contributed by atoms with van der Waals surface area (Å²) in [7, 11) is -2.91. The van der Waals surface area contributed by atoms with Crippen molar-refractivity contribution in [2.45, 2.75) is 33.6 Å². The number of carbonyl (C=O) groups is 1. The molecule has 3 nitrogen and oxygen atoms in total. The third kappa shape index (κ3) is 5.03. The van der Waals surface area contributed by atoms with Gasteiger partial charge in [-0.1, -0.05) is 20.8 Å². The molecule has 4 heteroatoms. The van der Waals surface area contributed by atoms with Crippen molar-refractivity contribution in [3.8, 4) is 0 Å². The number of sulfone groups is 1. The lowest BCUT2D eigenvalue weighted by Crippen LogP contribution is -2.16. The quantitative estimate of drug-likeness (QED) is 0.660. The standard InChI is InChI=1S/C9H18O3S/c1-4-9(10)8(3)6-7-13(11,12)5-2/h8H,4-7H2,1-3H3. The minimum atomic E-state index is -2.91. The van der Waals surface area contributed by atoms with Crippen LogP contribution in [0.25, 0.3) is 0 Å². The van der Waals surface area contributed by atoms with Gasteiger partial charge < -0.3 is 0 Å². The van der Waals surface area contributed by atoms with E-state index in [1.165, 1.54) is 0 Å². The van der Waals surface area contributed by atoms with E-state index < -0.39 is 9.84 Å². The van der Waals surface area contributed by atoms with Gasteiger partial charge in [-0.25, -0.2) is 8.42 Å². The van der Waals surface area contributed by atoms with Crippen LogP contribution in [0, 0.1) is 5.92 Å². The minimum Gasteiger partial charge on any atom is -0.299 e. The van der Waals surface area contributed by atoms with Crippen LogP contribution in [0.4, 0.5) is 0 Å². The SMILES string of the molecule is CCC(=O)C(C)CCS(=O)(=O)CC. The van der Waals surface area contributed by atoms with Gasteiger partial charge in [-0.15, -0.1) is 0 Å². The number of carbonyl (C=O) groups excluding carboxylic acids is 1. The van der Waals surface area contributed by atoms with Crippen LogP contribution in [-0.4, -0.2) is 25.7 Å². The van der Waals surface area contributed by atoms with Crippen LogP contribution >= 0.6 is 0 Å². The summed E-state index contributed by atoms with van der Waals surface area (Å²) in [6, 6.07) is 0. The number of hydrogen-bond donors (Lipinski definition) is 0.